The van der Waals surface area contributed by atoms with Gasteiger partial charge in [0.2, 0.25) is 0 Å². The molecule has 0 spiro atoms. The molecule has 0 saturated heterocycles. The number of Topliss-reactive ketones (excluding diaryl/α,β-unsaturated/α-hetero) is 1. The maximum Gasteiger partial charge on any atom is 0.140 e. The molecule has 0 aromatic heterocycles. The second kappa shape index (κ2) is 3.36. The van der Waals surface area contributed by atoms with Crippen molar-refractivity contribution in [3.63, 3.8) is 0 Å². The first kappa shape index (κ1) is 11.7. The Balaban J connectivity index is 2.44. The quantitative estimate of drug-likeness (QED) is 0.615. The van der Waals surface area contributed by atoms with E-state index in [4.69, 9.17) is 0 Å². The maximum atomic E-state index is 12.4. The zero-order chi connectivity index (χ0) is 12.0. The molecule has 0 aliphatic heterocycles. The van der Waals surface area contributed by atoms with Crippen LogP contribution in [0.3, 0.4) is 0 Å². The summed E-state index contributed by atoms with van der Waals surface area (Å²) >= 11 is 0. The van der Waals surface area contributed by atoms with Crippen molar-refractivity contribution >= 4 is 5.78 Å². The summed E-state index contributed by atoms with van der Waals surface area (Å²) in [4.78, 5) is 12.4. The summed E-state index contributed by atoms with van der Waals surface area (Å²) in [7, 11) is 0. The Morgan fingerprint density at radius 2 is 1.94 bits per heavy atom. The Labute approximate surface area is 99.0 Å². The number of hydrogen-bond acceptors (Lipinski definition) is 1. The molecule has 0 amide bonds. The van der Waals surface area contributed by atoms with Crippen LogP contribution in [0.4, 0.5) is 0 Å². The van der Waals surface area contributed by atoms with E-state index >= 15 is 0 Å². The number of carbonyl (C=O) groups is 1. The molecule has 2 fully saturated rings. The fraction of sp³-hybridized carbons (Fsp3) is 0.800. The van der Waals surface area contributed by atoms with Gasteiger partial charge in [-0.1, -0.05) is 27.2 Å². The van der Waals surface area contributed by atoms with Gasteiger partial charge < -0.3 is 0 Å². The molecule has 88 valence electrons. The minimum atomic E-state index is -0.207. The summed E-state index contributed by atoms with van der Waals surface area (Å²) in [5.41, 5.74) is 0.191. The number of rotatable bonds is 1. The van der Waals surface area contributed by atoms with Crippen LogP contribution in [0.15, 0.2) is 0 Å². The molecule has 3 atom stereocenters. The summed E-state index contributed by atoms with van der Waals surface area (Å²) in [5, 5.41) is 0. The van der Waals surface area contributed by atoms with Gasteiger partial charge in [0.15, 0.2) is 0 Å². The second-order valence-electron chi connectivity index (χ2n) is 6.28. The lowest BCUT2D eigenvalue weighted by Crippen LogP contribution is -2.40. The van der Waals surface area contributed by atoms with Crippen LogP contribution >= 0.6 is 0 Å². The van der Waals surface area contributed by atoms with Crippen molar-refractivity contribution in [2.24, 2.45) is 16.2 Å². The van der Waals surface area contributed by atoms with E-state index < -0.39 is 0 Å². The molecule has 0 aromatic carbocycles. The van der Waals surface area contributed by atoms with Gasteiger partial charge in [-0.2, -0.15) is 0 Å². The van der Waals surface area contributed by atoms with Crippen LogP contribution in [0.25, 0.3) is 0 Å². The van der Waals surface area contributed by atoms with Gasteiger partial charge in [0.1, 0.15) is 5.78 Å². The summed E-state index contributed by atoms with van der Waals surface area (Å²) in [6.45, 7) is 8.64. The van der Waals surface area contributed by atoms with Crippen molar-refractivity contribution in [3.8, 4) is 11.8 Å². The van der Waals surface area contributed by atoms with E-state index in [1.165, 1.54) is 19.3 Å². The highest BCUT2D eigenvalue weighted by atomic mass is 16.1. The molecule has 2 aliphatic rings. The molecule has 0 radical (unpaired) electrons. The van der Waals surface area contributed by atoms with Gasteiger partial charge in [-0.25, -0.2) is 0 Å². The summed E-state index contributed by atoms with van der Waals surface area (Å²) in [6, 6.07) is 0. The minimum absolute atomic E-state index is 0.168. The molecule has 0 unspecified atom stereocenters. The predicted octanol–water partition coefficient (Wildman–Crippen LogP) is 3.58. The molecule has 16 heavy (non-hydrogen) atoms. The molecule has 0 heterocycles. The highest BCUT2D eigenvalue weighted by molar-refractivity contribution is 5.89. The van der Waals surface area contributed by atoms with Crippen molar-refractivity contribution in [2.75, 3.05) is 0 Å². The molecule has 0 aromatic rings. The molecule has 0 bridgehead atoms. The molecular formula is C15H22O. The lowest BCUT2D eigenvalue weighted by Gasteiger charge is -2.43. The largest absolute Gasteiger partial charge is 0.299 e. The van der Waals surface area contributed by atoms with Crippen molar-refractivity contribution in [2.45, 2.75) is 59.8 Å². The molecule has 0 N–H and O–H groups in total. The number of carbonyl (C=O) groups excluding carboxylic acids is 1. The number of hydrogen-bond donors (Lipinski definition) is 0. The molecule has 2 aliphatic carbocycles. The van der Waals surface area contributed by atoms with Crippen molar-refractivity contribution in [3.05, 3.63) is 0 Å². The predicted molar refractivity (Wildman–Crippen MR) is 65.9 cm³/mol. The van der Waals surface area contributed by atoms with Gasteiger partial charge >= 0.3 is 0 Å². The first-order chi connectivity index (χ1) is 7.40. The van der Waals surface area contributed by atoms with E-state index in [1.54, 1.807) is 0 Å². The van der Waals surface area contributed by atoms with Crippen molar-refractivity contribution < 1.29 is 4.79 Å². The SMILES string of the molecule is CC#CC[C@]1(C)C(=O)C[C@]2(C)CCC[C@@]21C. The first-order valence-electron chi connectivity index (χ1n) is 6.33. The summed E-state index contributed by atoms with van der Waals surface area (Å²) in [6.07, 6.45) is 5.19. The molecular weight excluding hydrogens is 196 g/mol. The zero-order valence-corrected chi connectivity index (χ0v) is 10.9. The average molecular weight is 218 g/mol. The van der Waals surface area contributed by atoms with Gasteiger partial charge in [0.05, 0.1) is 0 Å². The molecule has 2 saturated carbocycles. The molecule has 1 heteroatoms. The number of ketones is 1. The van der Waals surface area contributed by atoms with Crippen molar-refractivity contribution in [1.29, 1.82) is 0 Å². The van der Waals surface area contributed by atoms with E-state index in [9.17, 15) is 4.79 Å². The Morgan fingerprint density at radius 3 is 2.56 bits per heavy atom. The Kier molecular flexibility index (Phi) is 2.46. The van der Waals surface area contributed by atoms with Crippen LogP contribution in [-0.4, -0.2) is 5.78 Å². The highest BCUT2D eigenvalue weighted by Gasteiger charge is 2.66. The lowest BCUT2D eigenvalue weighted by molar-refractivity contribution is -0.128. The summed E-state index contributed by atoms with van der Waals surface area (Å²) < 4.78 is 0. The smallest absolute Gasteiger partial charge is 0.140 e. The standard InChI is InChI=1S/C15H22O/c1-5-6-9-14(3)12(16)11-13(2)8-7-10-15(13,14)4/h7-11H2,1-4H3/t13-,14+,15-/m0/s1. The third kappa shape index (κ3) is 1.16. The van der Waals surface area contributed by atoms with Crippen LogP contribution in [0.1, 0.15) is 59.8 Å². The molecule has 2 rings (SSSR count). The van der Waals surface area contributed by atoms with Crippen LogP contribution in [-0.2, 0) is 4.79 Å². The second-order valence-corrected chi connectivity index (χ2v) is 6.28. The van der Waals surface area contributed by atoms with Crippen molar-refractivity contribution in [1.82, 2.24) is 0 Å². The molecule has 1 nitrogen and oxygen atoms in total. The van der Waals surface area contributed by atoms with Gasteiger partial charge in [-0.05, 0) is 30.6 Å². The van der Waals surface area contributed by atoms with Crippen LogP contribution in [0, 0.1) is 28.1 Å². The van der Waals surface area contributed by atoms with Crippen LogP contribution in [0.2, 0.25) is 0 Å². The Hall–Kier alpha value is -0.770. The summed E-state index contributed by atoms with van der Waals surface area (Å²) in [5.74, 6) is 6.54. The third-order valence-corrected chi connectivity index (χ3v) is 5.74. The minimum Gasteiger partial charge on any atom is -0.299 e. The van der Waals surface area contributed by atoms with Gasteiger partial charge in [0.25, 0.3) is 0 Å². The lowest BCUT2D eigenvalue weighted by atomic mass is 9.59. The third-order valence-electron chi connectivity index (χ3n) is 5.74. The van der Waals surface area contributed by atoms with E-state index in [0.717, 1.165) is 12.8 Å². The Morgan fingerprint density at radius 1 is 1.25 bits per heavy atom. The van der Waals surface area contributed by atoms with E-state index in [1.807, 2.05) is 6.92 Å². The van der Waals surface area contributed by atoms with E-state index in [-0.39, 0.29) is 16.2 Å². The van der Waals surface area contributed by atoms with Crippen LogP contribution < -0.4 is 0 Å². The normalized spacial score (nSPS) is 46.4. The van der Waals surface area contributed by atoms with E-state index in [2.05, 4.69) is 32.6 Å². The topological polar surface area (TPSA) is 17.1 Å². The maximum absolute atomic E-state index is 12.4. The van der Waals surface area contributed by atoms with Gasteiger partial charge in [-0.15, -0.1) is 11.8 Å². The Bertz CT molecular complexity index is 386. The number of fused-ring (bicyclic) bond motifs is 1. The average Bonchev–Trinajstić information content (AvgIpc) is 2.58. The van der Waals surface area contributed by atoms with E-state index in [0.29, 0.717) is 5.78 Å². The zero-order valence-electron chi connectivity index (χ0n) is 10.9. The van der Waals surface area contributed by atoms with Crippen LogP contribution in [0.5, 0.6) is 0 Å². The monoisotopic (exact) mass is 218 g/mol. The van der Waals surface area contributed by atoms with Gasteiger partial charge in [-0.3, -0.25) is 4.79 Å². The fourth-order valence-electron chi connectivity index (χ4n) is 4.05. The highest BCUT2D eigenvalue weighted by Crippen LogP contribution is 2.69. The van der Waals surface area contributed by atoms with Gasteiger partial charge in [0, 0.05) is 18.3 Å². The fourth-order valence-corrected chi connectivity index (χ4v) is 4.05. The first-order valence-corrected chi connectivity index (χ1v) is 6.33.